The zero-order valence-corrected chi connectivity index (χ0v) is 17.9. The summed E-state index contributed by atoms with van der Waals surface area (Å²) < 4.78 is 19.0. The number of ether oxygens (including phenoxy) is 1. The summed E-state index contributed by atoms with van der Waals surface area (Å²) >= 11 is 6.32. The quantitative estimate of drug-likeness (QED) is 0.381. The Morgan fingerprint density at radius 2 is 2.12 bits per heavy atom. The van der Waals surface area contributed by atoms with Gasteiger partial charge in [0.05, 0.1) is 5.02 Å². The van der Waals surface area contributed by atoms with E-state index in [2.05, 4.69) is 32.4 Å². The summed E-state index contributed by atoms with van der Waals surface area (Å²) in [6.07, 6.45) is 3.25. The molecule has 33 heavy (non-hydrogen) atoms. The van der Waals surface area contributed by atoms with Gasteiger partial charge in [0.2, 0.25) is 0 Å². The van der Waals surface area contributed by atoms with Gasteiger partial charge < -0.3 is 26.2 Å². The third-order valence-electron chi connectivity index (χ3n) is 4.12. The van der Waals surface area contributed by atoms with Crippen molar-refractivity contribution in [2.45, 2.75) is 6.61 Å². The normalized spacial score (nSPS) is 10.4. The van der Waals surface area contributed by atoms with Gasteiger partial charge in [-0.25, -0.2) is 19.2 Å². The van der Waals surface area contributed by atoms with Gasteiger partial charge in [0.25, 0.3) is 0 Å². The van der Waals surface area contributed by atoms with E-state index in [4.69, 9.17) is 27.2 Å². The van der Waals surface area contributed by atoms with Crippen molar-refractivity contribution in [3.05, 3.63) is 83.0 Å². The number of anilines is 3. The molecular weight excluding hydrogens is 449 g/mol. The third-order valence-corrected chi connectivity index (χ3v) is 4.42. The molecule has 0 fully saturated rings. The molecule has 168 valence electrons. The second kappa shape index (κ2) is 11.4. The van der Waals surface area contributed by atoms with Crippen LogP contribution in [0.5, 0.6) is 5.75 Å². The van der Waals surface area contributed by atoms with Gasteiger partial charge in [-0.3, -0.25) is 0 Å². The number of nitrogens with two attached hydrogens (primary N) is 1. The predicted octanol–water partition coefficient (Wildman–Crippen LogP) is 4.35. The van der Waals surface area contributed by atoms with Gasteiger partial charge in [0, 0.05) is 12.2 Å². The Hall–Kier alpha value is -4.29. The second-order valence-corrected chi connectivity index (χ2v) is 6.94. The number of nitrogen functional groups attached to an aromatic ring is 1. The molecule has 0 bridgehead atoms. The number of hydrogen-bond acceptors (Lipinski definition) is 6. The average Bonchev–Trinajstić information content (AvgIpc) is 2.78. The summed E-state index contributed by atoms with van der Waals surface area (Å²) in [6, 6.07) is 11.2. The molecule has 0 radical (unpaired) electrons. The van der Waals surface area contributed by atoms with Crippen molar-refractivity contribution in [3.8, 4) is 17.6 Å². The van der Waals surface area contributed by atoms with Crippen molar-refractivity contribution in [1.82, 2.24) is 15.3 Å². The number of rotatable bonds is 7. The number of allylic oxidation sites excluding steroid dienone is 1. The van der Waals surface area contributed by atoms with Crippen LogP contribution in [0.15, 0.2) is 60.9 Å². The molecule has 1 aromatic heterocycles. The highest BCUT2D eigenvalue weighted by molar-refractivity contribution is 6.32. The van der Waals surface area contributed by atoms with Crippen LogP contribution in [0.1, 0.15) is 11.3 Å². The lowest BCUT2D eigenvalue weighted by Crippen LogP contribution is -2.20. The van der Waals surface area contributed by atoms with Crippen LogP contribution in [0.25, 0.3) is 0 Å². The van der Waals surface area contributed by atoms with Gasteiger partial charge in [-0.1, -0.05) is 35.7 Å². The number of amides is 1. The molecule has 2 aromatic carbocycles. The highest BCUT2D eigenvalue weighted by atomic mass is 35.5. The Labute approximate surface area is 194 Å². The van der Waals surface area contributed by atoms with Crippen LogP contribution in [-0.2, 0) is 6.61 Å². The third kappa shape index (κ3) is 7.12. The van der Waals surface area contributed by atoms with Crippen LogP contribution in [0.2, 0.25) is 5.02 Å². The zero-order chi connectivity index (χ0) is 23.6. The van der Waals surface area contributed by atoms with E-state index >= 15 is 0 Å². The number of nitrogens with one attached hydrogen (secondary N) is 2. The van der Waals surface area contributed by atoms with Gasteiger partial charge >= 0.3 is 6.09 Å². The van der Waals surface area contributed by atoms with Gasteiger partial charge in [0.1, 0.15) is 35.9 Å². The van der Waals surface area contributed by atoms with Gasteiger partial charge in [-0.15, -0.1) is 0 Å². The first-order valence-corrected chi connectivity index (χ1v) is 9.98. The smallest absolute Gasteiger partial charge is 0.404 e. The van der Waals surface area contributed by atoms with E-state index < -0.39 is 6.09 Å². The van der Waals surface area contributed by atoms with E-state index in [0.29, 0.717) is 33.5 Å². The molecule has 1 heterocycles. The number of benzene rings is 2. The monoisotopic (exact) mass is 467 g/mol. The molecule has 0 aliphatic carbocycles. The lowest BCUT2D eigenvalue weighted by Gasteiger charge is -2.12. The maximum atomic E-state index is 13.3. The number of hydrogen-bond donors (Lipinski definition) is 4. The molecule has 8 nitrogen and oxygen atoms in total. The molecule has 10 heteroatoms. The minimum Gasteiger partial charge on any atom is -0.487 e. The fourth-order valence-electron chi connectivity index (χ4n) is 2.59. The molecule has 1 amide bonds. The van der Waals surface area contributed by atoms with Crippen LogP contribution in [0, 0.1) is 17.7 Å². The summed E-state index contributed by atoms with van der Waals surface area (Å²) in [5.74, 6) is 5.97. The highest BCUT2D eigenvalue weighted by Crippen LogP contribution is 2.30. The number of halogens is 2. The summed E-state index contributed by atoms with van der Waals surface area (Å²) in [7, 11) is 0. The highest BCUT2D eigenvalue weighted by Gasteiger charge is 2.09. The zero-order valence-electron chi connectivity index (χ0n) is 17.2. The molecule has 3 aromatic rings. The Morgan fingerprint density at radius 1 is 1.27 bits per heavy atom. The number of carbonyl (C=O) groups is 1. The van der Waals surface area contributed by atoms with Crippen molar-refractivity contribution in [1.29, 1.82) is 0 Å². The SMILES string of the molecule is Nc1c(C#C/C=C/CNC(=O)O)ncnc1Nc1ccc(OCc2cccc(F)c2)c(Cl)c1. The van der Waals surface area contributed by atoms with Crippen molar-refractivity contribution in [2.24, 2.45) is 0 Å². The van der Waals surface area contributed by atoms with Gasteiger partial charge in [-0.2, -0.15) is 0 Å². The average molecular weight is 468 g/mol. The van der Waals surface area contributed by atoms with Crippen LogP contribution in [0.4, 0.5) is 26.4 Å². The molecule has 0 spiro atoms. The maximum absolute atomic E-state index is 13.3. The lowest BCUT2D eigenvalue weighted by atomic mass is 10.2. The summed E-state index contributed by atoms with van der Waals surface area (Å²) in [5.41, 5.74) is 7.96. The molecule has 0 aliphatic rings. The van der Waals surface area contributed by atoms with Crippen LogP contribution in [0.3, 0.4) is 0 Å². The summed E-state index contributed by atoms with van der Waals surface area (Å²) in [4.78, 5) is 18.6. The van der Waals surface area contributed by atoms with Gasteiger partial charge in [-0.05, 0) is 47.9 Å². The van der Waals surface area contributed by atoms with Crippen molar-refractivity contribution in [3.63, 3.8) is 0 Å². The first-order valence-electron chi connectivity index (χ1n) is 9.60. The molecule has 3 rings (SSSR count). The van der Waals surface area contributed by atoms with E-state index in [-0.39, 0.29) is 24.7 Å². The summed E-state index contributed by atoms with van der Waals surface area (Å²) in [5, 5.41) is 14.1. The molecule has 0 atom stereocenters. The Balaban J connectivity index is 1.65. The van der Waals surface area contributed by atoms with Crippen molar-refractivity contribution in [2.75, 3.05) is 17.6 Å². The van der Waals surface area contributed by atoms with Crippen molar-refractivity contribution >= 4 is 34.9 Å². The van der Waals surface area contributed by atoms with E-state index in [1.165, 1.54) is 24.5 Å². The van der Waals surface area contributed by atoms with E-state index in [1.54, 1.807) is 36.4 Å². The Bertz CT molecular complexity index is 1240. The Kier molecular flexibility index (Phi) is 8.05. The topological polar surface area (TPSA) is 122 Å². The fraction of sp³-hybridized carbons (Fsp3) is 0.0870. The van der Waals surface area contributed by atoms with Crippen molar-refractivity contribution < 1.29 is 19.0 Å². The standard InChI is InChI=1S/C23H19ClFN5O3/c24-18-12-17(8-9-20(18)33-13-15-5-4-6-16(25)11-15)30-22-21(26)19(28-14-29-22)7-2-1-3-10-27-23(31)32/h1,3-6,8-9,11-12,14,27H,10,13,26H2,(H,31,32)(H,28,29,30)/b3-1+. The predicted molar refractivity (Wildman–Crippen MR) is 124 cm³/mol. The lowest BCUT2D eigenvalue weighted by molar-refractivity contribution is 0.195. The summed E-state index contributed by atoms with van der Waals surface area (Å²) in [6.45, 7) is 0.310. The fourth-order valence-corrected chi connectivity index (χ4v) is 2.82. The first-order chi connectivity index (χ1) is 15.9. The van der Waals surface area contributed by atoms with Crippen LogP contribution in [-0.4, -0.2) is 27.7 Å². The van der Waals surface area contributed by atoms with Crippen LogP contribution < -0.4 is 21.1 Å². The molecule has 0 unspecified atom stereocenters. The Morgan fingerprint density at radius 3 is 2.88 bits per heavy atom. The molecule has 0 aliphatic heterocycles. The van der Waals surface area contributed by atoms with E-state index in [1.807, 2.05) is 0 Å². The van der Waals surface area contributed by atoms with E-state index in [9.17, 15) is 9.18 Å². The largest absolute Gasteiger partial charge is 0.487 e. The number of nitrogens with zero attached hydrogens (tertiary/aromatic N) is 2. The van der Waals surface area contributed by atoms with Crippen LogP contribution >= 0.6 is 11.6 Å². The van der Waals surface area contributed by atoms with E-state index in [0.717, 1.165) is 0 Å². The minimum absolute atomic E-state index is 0.138. The molecule has 5 N–H and O–H groups in total. The molecular formula is C23H19ClFN5O3. The number of carboxylic acid groups (broad SMARTS) is 1. The first kappa shape index (κ1) is 23.4. The number of aromatic nitrogens is 2. The minimum atomic E-state index is -1.12. The maximum Gasteiger partial charge on any atom is 0.404 e. The van der Waals surface area contributed by atoms with Gasteiger partial charge in [0.15, 0.2) is 5.82 Å². The second-order valence-electron chi connectivity index (χ2n) is 6.53. The molecule has 0 saturated heterocycles. The molecule has 0 saturated carbocycles.